The van der Waals surface area contributed by atoms with Gasteiger partial charge in [0.15, 0.2) is 0 Å². The lowest BCUT2D eigenvalue weighted by Gasteiger charge is -2.31. The molecule has 1 N–H and O–H groups in total. The number of likely N-dealkylation sites (tertiary alicyclic amines) is 1. The highest BCUT2D eigenvalue weighted by Crippen LogP contribution is 2.31. The van der Waals surface area contributed by atoms with Crippen molar-refractivity contribution in [1.82, 2.24) is 24.9 Å². The van der Waals surface area contributed by atoms with Crippen molar-refractivity contribution in [3.8, 4) is 0 Å². The van der Waals surface area contributed by atoms with Gasteiger partial charge in [0.1, 0.15) is 4.83 Å². The predicted octanol–water partition coefficient (Wildman–Crippen LogP) is 2.69. The first-order valence-corrected chi connectivity index (χ1v) is 8.67. The fourth-order valence-electron chi connectivity index (χ4n) is 3.38. The topological polar surface area (TPSA) is 66.8 Å². The van der Waals surface area contributed by atoms with Crippen molar-refractivity contribution in [2.24, 2.45) is 7.05 Å². The van der Waals surface area contributed by atoms with Gasteiger partial charge in [0.05, 0.1) is 10.6 Å². The average Bonchev–Trinajstić information content (AvgIpc) is 3.27. The van der Waals surface area contributed by atoms with Gasteiger partial charge in [-0.15, -0.1) is 11.3 Å². The maximum Gasteiger partial charge on any atom is 0.264 e. The summed E-state index contributed by atoms with van der Waals surface area (Å²) in [6.45, 7) is 3.57. The highest BCUT2D eigenvalue weighted by atomic mass is 32.1. The summed E-state index contributed by atoms with van der Waals surface area (Å²) >= 11 is 1.53. The first-order chi connectivity index (χ1) is 11.1. The monoisotopic (exact) mass is 329 g/mol. The molecule has 0 radical (unpaired) electrons. The van der Waals surface area contributed by atoms with Crippen molar-refractivity contribution in [3.63, 3.8) is 0 Å². The number of carbonyl (C=O) groups is 1. The highest BCUT2D eigenvalue weighted by molar-refractivity contribution is 7.20. The Morgan fingerprint density at radius 2 is 2.35 bits per heavy atom. The standard InChI is InChI=1S/C16H19N5OS/c1-10-12-8-14(23-16(12)20(2)19-10)15(22)21-7-3-4-11(9-21)13-5-6-17-18-13/h5-6,8,11H,3-4,7,9H2,1-2H3,(H,17,18)/t11-/m1/s1. The van der Waals surface area contributed by atoms with Crippen LogP contribution in [0.25, 0.3) is 10.2 Å². The Morgan fingerprint density at radius 3 is 3.09 bits per heavy atom. The number of thiophene rings is 1. The number of aromatic nitrogens is 4. The van der Waals surface area contributed by atoms with E-state index in [1.807, 2.05) is 35.7 Å². The third-order valence-electron chi connectivity index (χ3n) is 4.58. The second-order valence-electron chi connectivity index (χ2n) is 6.14. The van der Waals surface area contributed by atoms with Crippen molar-refractivity contribution in [2.45, 2.75) is 25.7 Å². The van der Waals surface area contributed by atoms with E-state index in [1.165, 1.54) is 11.3 Å². The fourth-order valence-corrected chi connectivity index (χ4v) is 4.47. The predicted molar refractivity (Wildman–Crippen MR) is 89.8 cm³/mol. The number of piperidine rings is 1. The molecule has 4 heterocycles. The van der Waals surface area contributed by atoms with E-state index in [0.29, 0.717) is 5.92 Å². The lowest BCUT2D eigenvalue weighted by atomic mass is 9.95. The van der Waals surface area contributed by atoms with Gasteiger partial charge in [-0.1, -0.05) is 0 Å². The van der Waals surface area contributed by atoms with Gasteiger partial charge in [-0.3, -0.25) is 14.6 Å². The van der Waals surface area contributed by atoms with Gasteiger partial charge in [0.2, 0.25) is 0 Å². The van der Waals surface area contributed by atoms with Crippen LogP contribution in [0, 0.1) is 6.92 Å². The third kappa shape index (κ3) is 2.45. The number of aromatic amines is 1. The molecule has 7 heteroatoms. The van der Waals surface area contributed by atoms with Crippen molar-refractivity contribution in [2.75, 3.05) is 13.1 Å². The maximum atomic E-state index is 12.9. The number of aryl methyl sites for hydroxylation is 2. The molecule has 0 unspecified atom stereocenters. The zero-order valence-electron chi connectivity index (χ0n) is 13.2. The van der Waals surface area contributed by atoms with Crippen molar-refractivity contribution in [3.05, 3.63) is 34.6 Å². The smallest absolute Gasteiger partial charge is 0.264 e. The zero-order valence-corrected chi connectivity index (χ0v) is 14.1. The van der Waals surface area contributed by atoms with Crippen LogP contribution in [0.1, 0.15) is 39.8 Å². The molecule has 1 fully saturated rings. The lowest BCUT2D eigenvalue weighted by Crippen LogP contribution is -2.38. The van der Waals surface area contributed by atoms with E-state index in [-0.39, 0.29) is 5.91 Å². The molecule has 0 aromatic carbocycles. The van der Waals surface area contributed by atoms with Crippen molar-refractivity contribution in [1.29, 1.82) is 0 Å². The van der Waals surface area contributed by atoms with E-state index < -0.39 is 0 Å². The summed E-state index contributed by atoms with van der Waals surface area (Å²) in [7, 11) is 1.93. The van der Waals surface area contributed by atoms with Crippen LogP contribution in [0.5, 0.6) is 0 Å². The van der Waals surface area contributed by atoms with Gasteiger partial charge in [-0.2, -0.15) is 10.2 Å². The molecule has 0 bridgehead atoms. The average molecular weight is 329 g/mol. The van der Waals surface area contributed by atoms with Crippen LogP contribution >= 0.6 is 11.3 Å². The van der Waals surface area contributed by atoms with Gasteiger partial charge in [-0.25, -0.2) is 0 Å². The maximum absolute atomic E-state index is 12.9. The molecule has 6 nitrogen and oxygen atoms in total. The molecular weight excluding hydrogens is 310 g/mol. The molecular formula is C16H19N5OS. The normalized spacial score (nSPS) is 18.7. The number of rotatable bonds is 2. The van der Waals surface area contributed by atoms with Gasteiger partial charge in [0.25, 0.3) is 5.91 Å². The molecule has 0 spiro atoms. The SMILES string of the molecule is Cc1nn(C)c2sc(C(=O)N3CCC[C@@H](c4ccn[nH]4)C3)cc12. The summed E-state index contributed by atoms with van der Waals surface area (Å²) in [5.74, 6) is 0.489. The minimum Gasteiger partial charge on any atom is -0.337 e. The number of amides is 1. The largest absolute Gasteiger partial charge is 0.337 e. The van der Waals surface area contributed by atoms with Gasteiger partial charge in [0, 0.05) is 43.3 Å². The van der Waals surface area contributed by atoms with Crippen molar-refractivity contribution < 1.29 is 4.79 Å². The fraction of sp³-hybridized carbons (Fsp3) is 0.438. The molecule has 120 valence electrons. The van der Waals surface area contributed by atoms with Crippen LogP contribution in [-0.4, -0.2) is 43.9 Å². The second-order valence-corrected chi connectivity index (χ2v) is 7.17. The highest BCUT2D eigenvalue weighted by Gasteiger charge is 2.27. The minimum absolute atomic E-state index is 0.134. The van der Waals surface area contributed by atoms with Crippen LogP contribution < -0.4 is 0 Å². The van der Waals surface area contributed by atoms with E-state index in [1.54, 1.807) is 6.20 Å². The van der Waals surface area contributed by atoms with Crippen LogP contribution in [-0.2, 0) is 7.05 Å². The van der Waals surface area contributed by atoms with Gasteiger partial charge >= 0.3 is 0 Å². The number of fused-ring (bicyclic) bond motifs is 1. The Hall–Kier alpha value is -2.15. The van der Waals surface area contributed by atoms with E-state index in [2.05, 4.69) is 15.3 Å². The molecule has 3 aromatic rings. The Bertz CT molecular complexity index is 813. The molecule has 0 aliphatic carbocycles. The molecule has 4 rings (SSSR count). The van der Waals surface area contributed by atoms with Crippen LogP contribution in [0.15, 0.2) is 18.3 Å². The Labute approximate surface area is 138 Å². The van der Waals surface area contributed by atoms with E-state index in [4.69, 9.17) is 0 Å². The summed E-state index contributed by atoms with van der Waals surface area (Å²) in [6.07, 6.45) is 3.90. The van der Waals surface area contributed by atoms with E-state index in [9.17, 15) is 4.79 Å². The number of carbonyl (C=O) groups excluding carboxylic acids is 1. The van der Waals surface area contributed by atoms with Gasteiger partial charge in [-0.05, 0) is 31.9 Å². The molecule has 1 aliphatic rings. The molecule has 1 aliphatic heterocycles. The number of nitrogens with zero attached hydrogens (tertiary/aromatic N) is 4. The number of nitrogens with one attached hydrogen (secondary N) is 1. The van der Waals surface area contributed by atoms with Crippen molar-refractivity contribution >= 4 is 27.5 Å². The third-order valence-corrected chi connectivity index (χ3v) is 5.77. The Balaban J connectivity index is 1.58. The van der Waals surface area contributed by atoms with Gasteiger partial charge < -0.3 is 4.90 Å². The van der Waals surface area contributed by atoms with E-state index >= 15 is 0 Å². The quantitative estimate of drug-likeness (QED) is 0.786. The summed E-state index contributed by atoms with van der Waals surface area (Å²) < 4.78 is 1.86. The second kappa shape index (κ2) is 5.49. The molecule has 3 aromatic heterocycles. The summed E-state index contributed by atoms with van der Waals surface area (Å²) in [5.41, 5.74) is 2.10. The summed E-state index contributed by atoms with van der Waals surface area (Å²) in [5, 5.41) is 12.6. The number of hydrogen-bond acceptors (Lipinski definition) is 4. The number of hydrogen-bond donors (Lipinski definition) is 1. The molecule has 1 amide bonds. The zero-order chi connectivity index (χ0) is 16.0. The number of H-pyrrole nitrogens is 1. The minimum atomic E-state index is 0.134. The Kier molecular flexibility index (Phi) is 3.45. The molecule has 1 saturated heterocycles. The molecule has 0 saturated carbocycles. The van der Waals surface area contributed by atoms with Crippen LogP contribution in [0.3, 0.4) is 0 Å². The summed E-state index contributed by atoms with van der Waals surface area (Å²) in [4.78, 5) is 16.7. The molecule has 1 atom stereocenters. The molecule has 23 heavy (non-hydrogen) atoms. The first kappa shape index (κ1) is 14.4. The van der Waals surface area contributed by atoms with Crippen LogP contribution in [0.4, 0.5) is 0 Å². The van der Waals surface area contributed by atoms with Crippen LogP contribution in [0.2, 0.25) is 0 Å². The Morgan fingerprint density at radius 1 is 1.48 bits per heavy atom. The summed E-state index contributed by atoms with van der Waals surface area (Å²) in [6, 6.07) is 4.00. The van der Waals surface area contributed by atoms with E-state index in [0.717, 1.165) is 52.4 Å². The first-order valence-electron chi connectivity index (χ1n) is 7.85. The lowest BCUT2D eigenvalue weighted by molar-refractivity contribution is 0.0711.